The summed E-state index contributed by atoms with van der Waals surface area (Å²) < 4.78 is 5.46. The lowest BCUT2D eigenvalue weighted by Crippen LogP contribution is -2.26. The Morgan fingerprint density at radius 1 is 1.12 bits per heavy atom. The van der Waals surface area contributed by atoms with Gasteiger partial charge in [-0.3, -0.25) is 4.79 Å². The molecule has 2 atom stereocenters. The molecule has 7 nitrogen and oxygen atoms in total. The van der Waals surface area contributed by atoms with Crippen LogP contribution in [0.25, 0.3) is 10.9 Å². The number of ether oxygens (including phenoxy) is 1. The number of nitrogens with zero attached hydrogens (tertiary/aromatic N) is 1. The first-order valence-corrected chi connectivity index (χ1v) is 11.6. The van der Waals surface area contributed by atoms with Crippen molar-refractivity contribution in [3.05, 3.63) is 65.9 Å². The molecule has 1 aliphatic heterocycles. The lowest BCUT2D eigenvalue weighted by molar-refractivity contribution is 0.0853. The van der Waals surface area contributed by atoms with Gasteiger partial charge in [0, 0.05) is 36.9 Å². The number of fused-ring (bicyclic) bond motifs is 1. The first-order valence-electron chi connectivity index (χ1n) is 11.6. The van der Waals surface area contributed by atoms with Crippen LogP contribution in [-0.2, 0) is 4.74 Å². The number of benzene rings is 2. The number of aromatic nitrogens is 1. The highest BCUT2D eigenvalue weighted by molar-refractivity contribution is 6.07. The summed E-state index contributed by atoms with van der Waals surface area (Å²) in [4.78, 5) is 17.7. The molecule has 2 aliphatic rings. The number of hydrogen-bond acceptors (Lipinski definition) is 5. The van der Waals surface area contributed by atoms with Gasteiger partial charge >= 0.3 is 0 Å². The van der Waals surface area contributed by atoms with Gasteiger partial charge in [-0.25, -0.2) is 5.90 Å². The lowest BCUT2D eigenvalue weighted by Gasteiger charge is -2.22. The molecular formula is C26H36N4O3. The van der Waals surface area contributed by atoms with Gasteiger partial charge in [0.1, 0.15) is 5.69 Å². The van der Waals surface area contributed by atoms with Crippen LogP contribution in [-0.4, -0.2) is 42.9 Å². The minimum absolute atomic E-state index is 0.0324. The smallest absolute Gasteiger partial charge is 0.274 e. The van der Waals surface area contributed by atoms with Crippen LogP contribution in [0, 0.1) is 11.8 Å². The average Bonchev–Trinajstić information content (AvgIpc) is 3.45. The normalized spacial score (nSPS) is 19.7. The molecule has 1 amide bonds. The van der Waals surface area contributed by atoms with E-state index in [-0.39, 0.29) is 5.91 Å². The van der Waals surface area contributed by atoms with E-state index in [1.54, 1.807) is 11.9 Å². The average molecular weight is 453 g/mol. The molecule has 5 rings (SSSR count). The fraction of sp³-hybridized carbons (Fsp3) is 0.423. The molecular weight excluding hydrogens is 416 g/mol. The molecule has 2 aromatic carbocycles. The predicted octanol–water partition coefficient (Wildman–Crippen LogP) is 4.27. The molecule has 1 saturated heterocycles. The molecule has 33 heavy (non-hydrogen) atoms. The number of para-hydroxylation sites is 1. The fourth-order valence-corrected chi connectivity index (χ4v) is 4.23. The topological polar surface area (TPSA) is 118 Å². The standard InChI is InChI=1S/C21H22N2O2.C5H11N.H3NO/c1-23(18-5-3-2-4-6-18)21(24)20-14-17-13-16(7-8-19(17)22-20)15-9-11-25-12-10-15;1-4-2-5(4)3-6;1-2/h2-8,13-15,22H,9-12H2,1H3;4-5H,2-3,6H2,1H3;2H,1H2. The second-order valence-electron chi connectivity index (χ2n) is 8.82. The van der Waals surface area contributed by atoms with Crippen molar-refractivity contribution < 1.29 is 14.7 Å². The lowest BCUT2D eigenvalue weighted by atomic mass is 9.91. The van der Waals surface area contributed by atoms with E-state index in [1.165, 1.54) is 12.0 Å². The van der Waals surface area contributed by atoms with E-state index in [1.807, 2.05) is 36.4 Å². The van der Waals surface area contributed by atoms with Gasteiger partial charge in [0.15, 0.2) is 0 Å². The molecule has 0 bridgehead atoms. The monoisotopic (exact) mass is 452 g/mol. The van der Waals surface area contributed by atoms with Gasteiger partial charge in [0.2, 0.25) is 0 Å². The molecule has 0 spiro atoms. The zero-order valence-corrected chi connectivity index (χ0v) is 19.5. The molecule has 6 N–H and O–H groups in total. The van der Waals surface area contributed by atoms with E-state index in [0.717, 1.165) is 61.0 Å². The van der Waals surface area contributed by atoms with Crippen LogP contribution in [0.2, 0.25) is 0 Å². The number of carbonyl (C=O) groups is 1. The highest BCUT2D eigenvalue weighted by Crippen LogP contribution is 2.36. The highest BCUT2D eigenvalue weighted by atomic mass is 16.5. The zero-order valence-electron chi connectivity index (χ0n) is 19.5. The van der Waals surface area contributed by atoms with Crippen LogP contribution in [0.1, 0.15) is 48.2 Å². The Morgan fingerprint density at radius 3 is 2.36 bits per heavy atom. The Hall–Kier alpha value is -2.71. The quantitative estimate of drug-likeness (QED) is 0.441. The third-order valence-electron chi connectivity index (χ3n) is 6.59. The number of amides is 1. The number of rotatable bonds is 4. The molecule has 3 aromatic rings. The van der Waals surface area contributed by atoms with Crippen molar-refractivity contribution in [1.82, 2.24) is 4.98 Å². The maximum atomic E-state index is 12.8. The number of carbonyl (C=O) groups excluding carboxylic acids is 1. The summed E-state index contributed by atoms with van der Waals surface area (Å²) in [6, 6.07) is 18.1. The molecule has 2 fully saturated rings. The highest BCUT2D eigenvalue weighted by Gasteiger charge is 2.30. The van der Waals surface area contributed by atoms with Crippen molar-refractivity contribution in [2.45, 2.75) is 32.1 Å². The molecule has 1 aliphatic carbocycles. The molecule has 2 unspecified atom stereocenters. The number of nitrogens with two attached hydrogens (primary N) is 2. The minimum atomic E-state index is -0.0324. The van der Waals surface area contributed by atoms with Crippen LogP contribution >= 0.6 is 0 Å². The van der Waals surface area contributed by atoms with Crippen molar-refractivity contribution >= 4 is 22.5 Å². The van der Waals surface area contributed by atoms with Gasteiger partial charge in [0.25, 0.3) is 5.91 Å². The first-order chi connectivity index (χ1) is 16.1. The molecule has 0 radical (unpaired) electrons. The summed E-state index contributed by atoms with van der Waals surface area (Å²) in [6.45, 7) is 4.82. The van der Waals surface area contributed by atoms with Crippen molar-refractivity contribution in [2.24, 2.45) is 23.5 Å². The fourth-order valence-electron chi connectivity index (χ4n) is 4.23. The molecule has 178 valence electrons. The van der Waals surface area contributed by atoms with Gasteiger partial charge in [-0.2, -0.15) is 0 Å². The summed E-state index contributed by atoms with van der Waals surface area (Å²) >= 11 is 0. The first kappa shape index (κ1) is 24.9. The van der Waals surface area contributed by atoms with Gasteiger partial charge < -0.3 is 25.6 Å². The number of anilines is 1. The number of H-pyrrole nitrogens is 1. The number of hydrogen-bond donors (Lipinski definition) is 4. The third-order valence-corrected chi connectivity index (χ3v) is 6.59. The van der Waals surface area contributed by atoms with Crippen LogP contribution in [0.4, 0.5) is 5.69 Å². The van der Waals surface area contributed by atoms with E-state index < -0.39 is 0 Å². The molecule has 2 heterocycles. The van der Waals surface area contributed by atoms with Crippen LogP contribution in [0.15, 0.2) is 54.6 Å². The number of aromatic amines is 1. The molecule has 1 saturated carbocycles. The van der Waals surface area contributed by atoms with E-state index in [0.29, 0.717) is 11.6 Å². The van der Waals surface area contributed by atoms with E-state index in [4.69, 9.17) is 15.7 Å². The van der Waals surface area contributed by atoms with Gasteiger partial charge in [-0.1, -0.05) is 31.2 Å². The van der Waals surface area contributed by atoms with Crippen molar-refractivity contribution in [3.63, 3.8) is 0 Å². The van der Waals surface area contributed by atoms with Crippen LogP contribution < -0.4 is 16.5 Å². The largest absolute Gasteiger partial charge is 0.381 e. The van der Waals surface area contributed by atoms with Crippen molar-refractivity contribution in [3.8, 4) is 0 Å². The summed E-state index contributed by atoms with van der Waals surface area (Å²) in [5, 5.41) is 7.59. The molecule has 1 aromatic heterocycles. The number of nitrogens with one attached hydrogen (secondary N) is 1. The Labute approximate surface area is 195 Å². The van der Waals surface area contributed by atoms with Gasteiger partial charge in [-0.05, 0) is 79.5 Å². The van der Waals surface area contributed by atoms with Crippen molar-refractivity contribution in [1.29, 1.82) is 0 Å². The summed E-state index contributed by atoms with van der Waals surface area (Å²) in [6.07, 6.45) is 3.51. The van der Waals surface area contributed by atoms with Crippen LogP contribution in [0.3, 0.4) is 0 Å². The predicted molar refractivity (Wildman–Crippen MR) is 133 cm³/mol. The summed E-state index contributed by atoms with van der Waals surface area (Å²) in [5.41, 5.74) is 9.16. The van der Waals surface area contributed by atoms with E-state index in [9.17, 15) is 4.79 Å². The second-order valence-corrected chi connectivity index (χ2v) is 8.82. The second kappa shape index (κ2) is 12.0. The van der Waals surface area contributed by atoms with Crippen LogP contribution in [0.5, 0.6) is 0 Å². The zero-order chi connectivity index (χ0) is 23.8. The van der Waals surface area contributed by atoms with Crippen molar-refractivity contribution in [2.75, 3.05) is 31.7 Å². The van der Waals surface area contributed by atoms with E-state index >= 15 is 0 Å². The minimum Gasteiger partial charge on any atom is -0.381 e. The Bertz CT molecular complexity index is 1010. The Morgan fingerprint density at radius 2 is 1.79 bits per heavy atom. The third kappa shape index (κ3) is 6.42. The van der Waals surface area contributed by atoms with Gasteiger partial charge in [-0.15, -0.1) is 0 Å². The Kier molecular flexibility index (Phi) is 9.03. The maximum Gasteiger partial charge on any atom is 0.274 e. The Balaban J connectivity index is 0.000000329. The maximum absolute atomic E-state index is 12.8. The van der Waals surface area contributed by atoms with Gasteiger partial charge in [0.05, 0.1) is 0 Å². The summed E-state index contributed by atoms with van der Waals surface area (Å²) in [7, 11) is 1.80. The molecule has 7 heteroatoms. The summed E-state index contributed by atoms with van der Waals surface area (Å²) in [5.74, 6) is 5.84. The van der Waals surface area contributed by atoms with E-state index in [2.05, 4.69) is 36.0 Å². The SMILES string of the molecule is CC1CC1CN.CN(C(=O)c1cc2cc(C3CCOCC3)ccc2[nH]1)c1ccccc1.NO.